The fourth-order valence-electron chi connectivity index (χ4n) is 10.2. The Morgan fingerprint density at radius 1 is 0.797 bits per heavy atom. The van der Waals surface area contributed by atoms with Crippen molar-refractivity contribution in [2.24, 2.45) is 0 Å². The summed E-state index contributed by atoms with van der Waals surface area (Å²) in [6.45, 7) is 6.88. The van der Waals surface area contributed by atoms with Crippen LogP contribution >= 0.6 is 0 Å². The highest BCUT2D eigenvalue weighted by Gasteiger charge is 2.46. The average Bonchev–Trinajstić information content (AvgIpc) is 4.22. The Balaban J connectivity index is 0.902. The van der Waals surface area contributed by atoms with Crippen LogP contribution in [0.15, 0.2) is 109 Å². The number of aromatic amines is 2. The van der Waals surface area contributed by atoms with Gasteiger partial charge in [-0.05, 0) is 73.3 Å². The predicted molar refractivity (Wildman–Crippen MR) is 258 cm³/mol. The van der Waals surface area contributed by atoms with Crippen LogP contribution in [-0.2, 0) is 19.1 Å². The van der Waals surface area contributed by atoms with E-state index in [9.17, 15) is 19.2 Å². The third kappa shape index (κ3) is 8.49. The molecule has 7 aromatic rings. The molecule has 3 aromatic heterocycles. The topological polar surface area (TPSA) is 189 Å². The summed E-state index contributed by atoms with van der Waals surface area (Å²) in [5, 5.41) is 6.31. The first kappa shape index (κ1) is 45.1. The van der Waals surface area contributed by atoms with E-state index in [0.29, 0.717) is 63.8 Å². The summed E-state index contributed by atoms with van der Waals surface area (Å²) in [5.41, 5.74) is 5.85. The van der Waals surface area contributed by atoms with Crippen LogP contribution in [0, 0.1) is 5.82 Å². The molecule has 69 heavy (non-hydrogen) atoms. The molecule has 10 rings (SSSR count). The number of halogens is 1. The standard InChI is InChI=1S/C51H52FN9O7Si/c1-29-61-38-19-18-32(46-53-26-37(56-46)39-17-12-20-59(39)48(62)44(57-50(64)66-2)30-13-8-6-9-14-30)21-34(38)23-40(61)43-35(52)22-33(24-42(43)68-29)36-25-54-47(55-36)41-27-69(4,5)28-60(41)49(63)45(58-51(65)67-3)31-15-10-7-11-16-31/h6-11,13-16,18-19,21-26,29,39,41,44-45H,12,17,20,27-28H2,1-5H3,(H,53,56)(H,54,55)(H,57,64)(H,58,65)/t29?,39-,41-,44-,45-/m0/s1. The number of amides is 4. The summed E-state index contributed by atoms with van der Waals surface area (Å²) in [5.74, 6) is 0.607. The molecule has 2 fully saturated rings. The van der Waals surface area contributed by atoms with E-state index in [2.05, 4.69) is 33.7 Å². The summed E-state index contributed by atoms with van der Waals surface area (Å²) in [7, 11) is 0.605. The molecular formula is C51H52FN9O7Si. The number of benzene rings is 4. The van der Waals surface area contributed by atoms with E-state index in [-0.39, 0.29) is 23.9 Å². The second-order valence-corrected chi connectivity index (χ2v) is 23.6. The minimum absolute atomic E-state index is 0.240. The average molecular weight is 950 g/mol. The Kier molecular flexibility index (Phi) is 11.8. The first-order valence-corrected chi connectivity index (χ1v) is 26.4. The van der Waals surface area contributed by atoms with Crippen molar-refractivity contribution in [3.63, 3.8) is 0 Å². The number of hydrogen-bond donors (Lipinski definition) is 4. The van der Waals surface area contributed by atoms with Crippen molar-refractivity contribution in [2.45, 2.75) is 69.3 Å². The molecule has 6 heterocycles. The normalized spacial score (nSPS) is 19.0. The summed E-state index contributed by atoms with van der Waals surface area (Å²) in [6, 6.07) is 27.6. The molecule has 1 unspecified atom stereocenters. The van der Waals surface area contributed by atoms with Crippen molar-refractivity contribution < 1.29 is 37.8 Å². The maximum absolute atomic E-state index is 16.6. The van der Waals surface area contributed by atoms with Crippen molar-refractivity contribution in [2.75, 3.05) is 26.9 Å². The largest absolute Gasteiger partial charge is 0.470 e. The maximum Gasteiger partial charge on any atom is 0.407 e. The van der Waals surface area contributed by atoms with E-state index in [4.69, 9.17) is 24.2 Å². The Morgan fingerprint density at radius 3 is 2.13 bits per heavy atom. The Morgan fingerprint density at radius 2 is 1.46 bits per heavy atom. The zero-order chi connectivity index (χ0) is 48.1. The summed E-state index contributed by atoms with van der Waals surface area (Å²) in [6.07, 6.45) is 3.60. The molecule has 4 aromatic carbocycles. The number of nitrogens with one attached hydrogen (secondary N) is 4. The number of carbonyl (C=O) groups excluding carboxylic acids is 4. The fraction of sp³-hybridized carbons (Fsp3) is 0.294. The number of likely N-dealkylation sites (tertiary alicyclic amines) is 1. The quantitative estimate of drug-likeness (QED) is 0.0970. The van der Waals surface area contributed by atoms with E-state index in [1.807, 2.05) is 78.2 Å². The van der Waals surface area contributed by atoms with Gasteiger partial charge in [0.15, 0.2) is 6.23 Å². The van der Waals surface area contributed by atoms with E-state index < -0.39 is 44.4 Å². The summed E-state index contributed by atoms with van der Waals surface area (Å²) < 4.78 is 34.8. The lowest BCUT2D eigenvalue weighted by Crippen LogP contribution is -2.44. The van der Waals surface area contributed by atoms with Gasteiger partial charge in [0.05, 0.1) is 74.9 Å². The third-order valence-corrected chi connectivity index (χ3v) is 16.1. The fourth-order valence-corrected chi connectivity index (χ4v) is 13.1. The molecule has 0 aliphatic carbocycles. The molecule has 16 nitrogen and oxygen atoms in total. The number of fused-ring (bicyclic) bond motifs is 5. The number of carbonyl (C=O) groups is 4. The van der Waals surface area contributed by atoms with Gasteiger partial charge in [0.25, 0.3) is 0 Å². The van der Waals surface area contributed by atoms with Gasteiger partial charge in [0, 0.05) is 29.2 Å². The van der Waals surface area contributed by atoms with Gasteiger partial charge in [-0.2, -0.15) is 0 Å². The number of hydrogen-bond acceptors (Lipinski definition) is 9. The number of ether oxygens (including phenoxy) is 3. The zero-order valence-electron chi connectivity index (χ0n) is 38.8. The van der Waals surface area contributed by atoms with Crippen LogP contribution in [0.5, 0.6) is 5.75 Å². The zero-order valence-corrected chi connectivity index (χ0v) is 39.8. The van der Waals surface area contributed by atoms with Gasteiger partial charge in [0.1, 0.15) is 35.3 Å². The van der Waals surface area contributed by atoms with Crippen molar-refractivity contribution in [3.05, 3.63) is 138 Å². The highest BCUT2D eigenvalue weighted by atomic mass is 28.3. The Bertz CT molecular complexity index is 3100. The molecule has 0 saturated carbocycles. The second kappa shape index (κ2) is 18.1. The number of imidazole rings is 2. The van der Waals surface area contributed by atoms with Gasteiger partial charge >= 0.3 is 12.2 Å². The lowest BCUT2D eigenvalue weighted by atomic mass is 10.0. The molecule has 4 amide bonds. The van der Waals surface area contributed by atoms with Crippen molar-refractivity contribution in [1.82, 2.24) is 44.9 Å². The first-order chi connectivity index (χ1) is 33.3. The van der Waals surface area contributed by atoms with Crippen LogP contribution in [0.1, 0.15) is 72.8 Å². The Labute approximate surface area is 398 Å². The predicted octanol–water partition coefficient (Wildman–Crippen LogP) is 9.13. The number of alkyl carbamates (subject to hydrolysis) is 2. The summed E-state index contributed by atoms with van der Waals surface area (Å²) >= 11 is 0. The van der Waals surface area contributed by atoms with Crippen molar-refractivity contribution >= 4 is 43.0 Å². The number of H-pyrrole nitrogens is 2. The van der Waals surface area contributed by atoms with Gasteiger partial charge in [-0.1, -0.05) is 73.8 Å². The molecule has 0 bridgehead atoms. The molecule has 3 aliphatic rings. The molecular weight excluding hydrogens is 898 g/mol. The highest BCUT2D eigenvalue weighted by molar-refractivity contribution is 6.78. The number of aromatic nitrogens is 5. The Hall–Kier alpha value is -7.73. The number of rotatable bonds is 10. The highest BCUT2D eigenvalue weighted by Crippen LogP contribution is 2.46. The maximum atomic E-state index is 16.6. The van der Waals surface area contributed by atoms with Crippen LogP contribution in [0.3, 0.4) is 0 Å². The molecule has 4 N–H and O–H groups in total. The molecule has 18 heteroatoms. The molecule has 3 aliphatic heterocycles. The first-order valence-electron chi connectivity index (χ1n) is 23.0. The van der Waals surface area contributed by atoms with E-state index >= 15 is 4.39 Å². The van der Waals surface area contributed by atoms with E-state index in [1.165, 1.54) is 20.3 Å². The van der Waals surface area contributed by atoms with Gasteiger partial charge in [0.2, 0.25) is 11.8 Å². The lowest BCUT2D eigenvalue weighted by Gasteiger charge is -2.29. The molecule has 0 radical (unpaired) electrons. The van der Waals surface area contributed by atoms with Crippen molar-refractivity contribution in [1.29, 1.82) is 0 Å². The molecule has 2 saturated heterocycles. The minimum atomic E-state index is -1.93. The molecule has 0 spiro atoms. The SMILES string of the molecule is COC(=O)N[C@H](C(=O)N1CCC[C@H]1c1cnc(-c2ccc3c(c2)cc2n3C(C)Oc3cc(-c4cnc([C@@H]5C[Si](C)(C)CN5C(=O)[C@@H](NC(=O)OC)c5ccccc5)[nH]4)cc(F)c3-2)[nH]1)c1ccccc1. The lowest BCUT2D eigenvalue weighted by molar-refractivity contribution is -0.135. The van der Waals surface area contributed by atoms with Crippen LogP contribution in [0.4, 0.5) is 14.0 Å². The minimum Gasteiger partial charge on any atom is -0.470 e. The van der Waals surface area contributed by atoms with Crippen LogP contribution in [0.25, 0.3) is 44.8 Å². The van der Waals surface area contributed by atoms with Crippen LogP contribution < -0.4 is 15.4 Å². The van der Waals surface area contributed by atoms with Gasteiger partial charge in [-0.3, -0.25) is 9.59 Å². The van der Waals surface area contributed by atoms with Gasteiger partial charge in [-0.25, -0.2) is 23.9 Å². The second-order valence-electron chi connectivity index (χ2n) is 18.6. The molecule has 5 atom stereocenters. The van der Waals surface area contributed by atoms with E-state index in [1.54, 1.807) is 46.5 Å². The van der Waals surface area contributed by atoms with Gasteiger partial charge in [-0.15, -0.1) is 0 Å². The molecule has 354 valence electrons. The van der Waals surface area contributed by atoms with Crippen LogP contribution in [-0.4, -0.2) is 93.3 Å². The third-order valence-electron chi connectivity index (χ3n) is 13.5. The van der Waals surface area contributed by atoms with Crippen LogP contribution in [0.2, 0.25) is 19.1 Å². The number of nitrogens with zero attached hydrogens (tertiary/aromatic N) is 5. The number of methoxy groups -OCH3 is 2. The van der Waals surface area contributed by atoms with Gasteiger partial charge < -0.3 is 49.2 Å². The smallest absolute Gasteiger partial charge is 0.407 e. The summed E-state index contributed by atoms with van der Waals surface area (Å²) in [4.78, 5) is 73.1. The van der Waals surface area contributed by atoms with Crippen molar-refractivity contribution in [3.8, 4) is 39.7 Å². The van der Waals surface area contributed by atoms with E-state index in [0.717, 1.165) is 41.0 Å². The monoisotopic (exact) mass is 949 g/mol.